The van der Waals surface area contributed by atoms with Gasteiger partial charge >= 0.3 is 0 Å². The average Bonchev–Trinajstić information content (AvgIpc) is 2.91. The SMILES string of the molecule is Cc1cc(F)ccc1-c1ccn2c(CC3CC3(F)I)nnc2c1C. The highest BCUT2D eigenvalue weighted by Crippen LogP contribution is 2.54. The summed E-state index contributed by atoms with van der Waals surface area (Å²) in [6, 6.07) is 6.78. The number of aromatic nitrogens is 3. The minimum absolute atomic E-state index is 0.0184. The first-order valence-electron chi connectivity index (χ1n) is 7.84. The average molecular weight is 439 g/mol. The van der Waals surface area contributed by atoms with Crippen molar-refractivity contribution in [2.45, 2.75) is 30.4 Å². The van der Waals surface area contributed by atoms with Crippen molar-refractivity contribution in [3.05, 3.63) is 53.2 Å². The molecule has 1 aliphatic rings. The Morgan fingerprint density at radius 3 is 2.67 bits per heavy atom. The van der Waals surface area contributed by atoms with E-state index < -0.39 is 3.68 Å². The predicted molar refractivity (Wildman–Crippen MR) is 97.5 cm³/mol. The molecule has 4 rings (SSSR count). The summed E-state index contributed by atoms with van der Waals surface area (Å²) in [7, 11) is 0. The predicted octanol–water partition coefficient (Wildman–Crippen LogP) is 4.82. The topological polar surface area (TPSA) is 30.2 Å². The van der Waals surface area contributed by atoms with Gasteiger partial charge in [0.1, 0.15) is 11.6 Å². The van der Waals surface area contributed by atoms with Gasteiger partial charge in [-0.2, -0.15) is 0 Å². The van der Waals surface area contributed by atoms with E-state index in [0.29, 0.717) is 12.8 Å². The second-order valence-corrected chi connectivity index (χ2v) is 8.28. The maximum atomic E-state index is 13.8. The highest BCUT2D eigenvalue weighted by Gasteiger charge is 2.53. The Morgan fingerprint density at radius 1 is 1.25 bits per heavy atom. The fourth-order valence-electron chi connectivity index (χ4n) is 3.20. The zero-order chi connectivity index (χ0) is 17.1. The molecule has 0 saturated heterocycles. The standard InChI is InChI=1S/C18H16F2IN3/c1-10-7-13(19)3-4-14(10)15-5-6-24-16(8-12-9-18(12,20)21)22-23-17(24)11(15)2/h3-7,12H,8-9H2,1-2H3. The zero-order valence-corrected chi connectivity index (χ0v) is 15.5. The molecule has 3 nitrogen and oxygen atoms in total. The third kappa shape index (κ3) is 2.60. The van der Waals surface area contributed by atoms with Gasteiger partial charge in [-0.3, -0.25) is 4.40 Å². The molecule has 2 aromatic heterocycles. The van der Waals surface area contributed by atoms with Crippen LogP contribution < -0.4 is 0 Å². The van der Waals surface area contributed by atoms with Gasteiger partial charge in [0.2, 0.25) is 0 Å². The fourth-order valence-corrected chi connectivity index (χ4v) is 3.95. The smallest absolute Gasteiger partial charge is 0.165 e. The summed E-state index contributed by atoms with van der Waals surface area (Å²) in [5.41, 5.74) is 4.64. The maximum Gasteiger partial charge on any atom is 0.165 e. The lowest BCUT2D eigenvalue weighted by atomic mass is 9.98. The van der Waals surface area contributed by atoms with Crippen LogP contribution in [0.3, 0.4) is 0 Å². The number of fused-ring (bicyclic) bond motifs is 1. The summed E-state index contributed by atoms with van der Waals surface area (Å²) in [5, 5.41) is 8.55. The Bertz CT molecular complexity index is 949. The Hall–Kier alpha value is -1.57. The number of pyridine rings is 1. The summed E-state index contributed by atoms with van der Waals surface area (Å²) in [6.07, 6.45) is 3.09. The molecule has 1 aromatic carbocycles. The largest absolute Gasteiger partial charge is 0.286 e. The van der Waals surface area contributed by atoms with Crippen molar-refractivity contribution >= 4 is 28.2 Å². The molecule has 2 heterocycles. The van der Waals surface area contributed by atoms with Crippen LogP contribution in [0, 0.1) is 25.6 Å². The Labute approximate surface area is 152 Å². The van der Waals surface area contributed by atoms with Gasteiger partial charge in [0, 0.05) is 24.1 Å². The number of alkyl halides is 2. The molecule has 3 aromatic rings. The first-order valence-corrected chi connectivity index (χ1v) is 8.92. The van der Waals surface area contributed by atoms with Gasteiger partial charge in [0.05, 0.1) is 0 Å². The van der Waals surface area contributed by atoms with Crippen LogP contribution >= 0.6 is 22.6 Å². The van der Waals surface area contributed by atoms with Gasteiger partial charge in [-0.15, -0.1) is 10.2 Å². The van der Waals surface area contributed by atoms with Crippen molar-refractivity contribution in [3.63, 3.8) is 0 Å². The number of hydrogen-bond acceptors (Lipinski definition) is 2. The zero-order valence-electron chi connectivity index (χ0n) is 13.4. The molecule has 0 radical (unpaired) electrons. The Balaban J connectivity index is 1.76. The van der Waals surface area contributed by atoms with Gasteiger partial charge in [-0.05, 0) is 77.7 Å². The van der Waals surface area contributed by atoms with E-state index in [-0.39, 0.29) is 11.7 Å². The van der Waals surface area contributed by atoms with E-state index in [1.807, 2.05) is 53.1 Å². The first-order chi connectivity index (χ1) is 11.4. The summed E-state index contributed by atoms with van der Waals surface area (Å²) in [6.45, 7) is 3.88. The van der Waals surface area contributed by atoms with Gasteiger partial charge in [0.15, 0.2) is 9.32 Å². The van der Waals surface area contributed by atoms with Gasteiger partial charge in [-0.25, -0.2) is 8.78 Å². The van der Waals surface area contributed by atoms with E-state index in [0.717, 1.165) is 33.7 Å². The minimum atomic E-state index is -1.09. The van der Waals surface area contributed by atoms with Crippen molar-refractivity contribution in [2.75, 3.05) is 0 Å². The summed E-state index contributed by atoms with van der Waals surface area (Å²) < 4.78 is 28.0. The molecule has 1 aliphatic carbocycles. The molecule has 1 saturated carbocycles. The van der Waals surface area contributed by atoms with Crippen LogP contribution in [0.4, 0.5) is 8.78 Å². The van der Waals surface area contributed by atoms with E-state index in [1.54, 1.807) is 6.07 Å². The third-order valence-corrected chi connectivity index (χ3v) is 6.08. The third-order valence-electron chi connectivity index (χ3n) is 4.76. The van der Waals surface area contributed by atoms with E-state index in [1.165, 1.54) is 12.1 Å². The molecule has 0 spiro atoms. The minimum Gasteiger partial charge on any atom is -0.286 e. The molecule has 0 amide bonds. The highest BCUT2D eigenvalue weighted by molar-refractivity contribution is 14.1. The van der Waals surface area contributed by atoms with Crippen molar-refractivity contribution in [1.29, 1.82) is 0 Å². The van der Waals surface area contributed by atoms with Crippen LogP contribution in [0.1, 0.15) is 23.4 Å². The van der Waals surface area contributed by atoms with Crippen LogP contribution in [-0.4, -0.2) is 18.3 Å². The number of nitrogens with zero attached hydrogens (tertiary/aromatic N) is 3. The summed E-state index contributed by atoms with van der Waals surface area (Å²) in [5.74, 6) is 0.569. The van der Waals surface area contributed by atoms with Gasteiger partial charge in [-0.1, -0.05) is 6.07 Å². The number of benzene rings is 1. The normalized spacial score (nSPS) is 23.0. The summed E-state index contributed by atoms with van der Waals surface area (Å²) >= 11 is 1.87. The number of rotatable bonds is 3. The number of halogens is 3. The summed E-state index contributed by atoms with van der Waals surface area (Å²) in [4.78, 5) is 0. The molecule has 1 fully saturated rings. The molecule has 2 unspecified atom stereocenters. The Kier molecular flexibility index (Phi) is 3.63. The van der Waals surface area contributed by atoms with Crippen LogP contribution in [0.15, 0.2) is 30.5 Å². The molecule has 0 aliphatic heterocycles. The van der Waals surface area contributed by atoms with Crippen LogP contribution in [0.5, 0.6) is 0 Å². The fraction of sp³-hybridized carbons (Fsp3) is 0.333. The molecule has 6 heteroatoms. The van der Waals surface area contributed by atoms with Crippen LogP contribution in [0.2, 0.25) is 0 Å². The second kappa shape index (κ2) is 5.47. The van der Waals surface area contributed by atoms with Crippen molar-refractivity contribution < 1.29 is 8.78 Å². The van der Waals surface area contributed by atoms with Gasteiger partial charge < -0.3 is 0 Å². The van der Waals surface area contributed by atoms with Crippen LogP contribution in [0.25, 0.3) is 16.8 Å². The van der Waals surface area contributed by atoms with Crippen molar-refractivity contribution in [1.82, 2.24) is 14.6 Å². The number of hydrogen-bond donors (Lipinski definition) is 0. The van der Waals surface area contributed by atoms with E-state index in [4.69, 9.17) is 0 Å². The lowest BCUT2D eigenvalue weighted by molar-refractivity contribution is 0.423. The lowest BCUT2D eigenvalue weighted by Gasteiger charge is -2.11. The van der Waals surface area contributed by atoms with Crippen LogP contribution in [-0.2, 0) is 6.42 Å². The molecule has 124 valence electrons. The molecule has 0 N–H and O–H groups in total. The lowest BCUT2D eigenvalue weighted by Crippen LogP contribution is -2.01. The Morgan fingerprint density at radius 2 is 2.00 bits per heavy atom. The first kappa shape index (κ1) is 15.9. The molecular formula is C18H16F2IN3. The van der Waals surface area contributed by atoms with Gasteiger partial charge in [0.25, 0.3) is 0 Å². The molecule has 2 atom stereocenters. The van der Waals surface area contributed by atoms with Crippen molar-refractivity contribution in [3.8, 4) is 11.1 Å². The molecule has 0 bridgehead atoms. The van der Waals surface area contributed by atoms with E-state index in [9.17, 15) is 8.78 Å². The molecular weight excluding hydrogens is 423 g/mol. The molecule has 24 heavy (non-hydrogen) atoms. The number of aryl methyl sites for hydroxylation is 2. The van der Waals surface area contributed by atoms with E-state index >= 15 is 0 Å². The van der Waals surface area contributed by atoms with Crippen molar-refractivity contribution in [2.24, 2.45) is 5.92 Å². The van der Waals surface area contributed by atoms with E-state index in [2.05, 4.69) is 10.2 Å². The second-order valence-electron chi connectivity index (χ2n) is 6.49. The monoisotopic (exact) mass is 439 g/mol. The maximum absolute atomic E-state index is 13.8. The highest BCUT2D eigenvalue weighted by atomic mass is 127. The quantitative estimate of drug-likeness (QED) is 0.433.